The fourth-order valence-corrected chi connectivity index (χ4v) is 8.93. The Bertz CT molecular complexity index is 471. The molecular weight excluding hydrogens is 284 g/mol. The molecule has 0 N–H and O–H groups in total. The molecule has 0 atom stereocenters. The average molecular weight is 319 g/mol. The zero-order valence-electron chi connectivity index (χ0n) is 15.8. The third-order valence-electron chi connectivity index (χ3n) is 4.55. The lowest BCUT2D eigenvalue weighted by Crippen LogP contribution is -2.54. The molecule has 0 saturated heterocycles. The van der Waals surface area contributed by atoms with Crippen LogP contribution in [-0.2, 0) is 11.0 Å². The van der Waals surface area contributed by atoms with Gasteiger partial charge in [-0.05, 0) is 35.5 Å². The quantitative estimate of drug-likeness (QED) is 0.433. The molecule has 0 aliphatic heterocycles. The van der Waals surface area contributed by atoms with Crippen LogP contribution < -0.4 is 0 Å². The highest BCUT2D eigenvalue weighted by molar-refractivity contribution is 6.79. The van der Waals surface area contributed by atoms with E-state index in [-0.39, 0.29) is 10.1 Å². The second-order valence-corrected chi connectivity index (χ2v) is 13.9. The molecule has 0 bridgehead atoms. The Labute approximate surface area is 138 Å². The Morgan fingerprint density at radius 2 is 1.45 bits per heavy atom. The molecule has 22 heavy (non-hydrogen) atoms. The maximum atomic E-state index is 6.79. The predicted molar refractivity (Wildman–Crippen MR) is 101 cm³/mol. The van der Waals surface area contributed by atoms with E-state index in [0.29, 0.717) is 0 Å². The van der Waals surface area contributed by atoms with Gasteiger partial charge in [0.1, 0.15) is 0 Å². The Morgan fingerprint density at radius 1 is 0.955 bits per heavy atom. The Morgan fingerprint density at radius 3 is 1.86 bits per heavy atom. The molecule has 0 aliphatic carbocycles. The summed E-state index contributed by atoms with van der Waals surface area (Å²) >= 11 is 0. The third-order valence-corrected chi connectivity index (χ3v) is 10.8. The van der Waals surface area contributed by atoms with Crippen LogP contribution in [0.1, 0.15) is 61.0 Å². The van der Waals surface area contributed by atoms with Gasteiger partial charge >= 0.3 is 0 Å². The number of benzene rings is 1. The van der Waals surface area contributed by atoms with Crippen molar-refractivity contribution >= 4 is 8.32 Å². The summed E-state index contributed by atoms with van der Waals surface area (Å²) in [5.74, 6) is 0. The summed E-state index contributed by atoms with van der Waals surface area (Å²) in [6.07, 6.45) is 2.38. The fraction of sp³-hybridized carbons (Fsp3) is 0.600. The smallest absolute Gasteiger partial charge is 0.207 e. The number of hydrogen-bond acceptors (Lipinski definition) is 1. The monoisotopic (exact) mass is 318 g/mol. The van der Waals surface area contributed by atoms with Crippen LogP contribution in [0, 0.1) is 0 Å². The standard InChI is InChI=1S/C20H34OSi/c1-17(2)14-15-22(19(3,4)5,20(6,7)8)21-16-18-12-10-9-11-13-18/h9-14H,15-16H2,1-8H3. The number of hydrogen-bond donors (Lipinski definition) is 0. The van der Waals surface area contributed by atoms with E-state index in [0.717, 1.165) is 12.7 Å². The van der Waals surface area contributed by atoms with Crippen LogP contribution in [0.2, 0.25) is 16.1 Å². The highest BCUT2D eigenvalue weighted by Crippen LogP contribution is 2.54. The summed E-state index contributed by atoms with van der Waals surface area (Å²) in [5.41, 5.74) is 2.65. The second kappa shape index (κ2) is 7.14. The normalized spacial score (nSPS) is 13.1. The maximum absolute atomic E-state index is 6.79. The topological polar surface area (TPSA) is 9.23 Å². The molecule has 0 heterocycles. The van der Waals surface area contributed by atoms with Crippen molar-refractivity contribution in [1.82, 2.24) is 0 Å². The molecule has 124 valence electrons. The van der Waals surface area contributed by atoms with E-state index in [2.05, 4.69) is 91.8 Å². The Kier molecular flexibility index (Phi) is 6.23. The first-order valence-corrected chi connectivity index (χ1v) is 10.4. The van der Waals surface area contributed by atoms with Crippen LogP contribution >= 0.6 is 0 Å². The van der Waals surface area contributed by atoms with Gasteiger partial charge in [-0.2, -0.15) is 0 Å². The van der Waals surface area contributed by atoms with E-state index in [1.807, 2.05) is 0 Å². The first-order chi connectivity index (χ1) is 9.99. The zero-order chi connectivity index (χ0) is 17.0. The van der Waals surface area contributed by atoms with Gasteiger partial charge in [-0.1, -0.05) is 83.5 Å². The van der Waals surface area contributed by atoms with Gasteiger partial charge in [0.05, 0.1) is 6.61 Å². The Hall–Kier alpha value is -0.863. The molecule has 1 rings (SSSR count). The summed E-state index contributed by atoms with van der Waals surface area (Å²) in [4.78, 5) is 0. The highest BCUT2D eigenvalue weighted by Gasteiger charge is 2.54. The van der Waals surface area contributed by atoms with Crippen molar-refractivity contribution in [2.75, 3.05) is 0 Å². The molecule has 0 unspecified atom stereocenters. The molecule has 0 aliphatic rings. The van der Waals surface area contributed by atoms with Crippen molar-refractivity contribution < 1.29 is 4.43 Å². The Balaban J connectivity index is 3.16. The van der Waals surface area contributed by atoms with Crippen LogP contribution in [0.3, 0.4) is 0 Å². The molecular formula is C20H34OSi. The average Bonchev–Trinajstić information content (AvgIpc) is 2.36. The third kappa shape index (κ3) is 4.56. The van der Waals surface area contributed by atoms with E-state index < -0.39 is 8.32 Å². The minimum Gasteiger partial charge on any atom is -0.411 e. The fourth-order valence-electron chi connectivity index (χ4n) is 3.36. The predicted octanol–water partition coefficient (Wildman–Crippen LogP) is 6.72. The SMILES string of the molecule is CC(C)=CC[Si](OCc1ccccc1)(C(C)(C)C)C(C)(C)C. The molecule has 0 radical (unpaired) electrons. The molecule has 0 saturated carbocycles. The summed E-state index contributed by atoms with van der Waals surface area (Å²) in [6.45, 7) is 19.2. The number of allylic oxidation sites excluding steroid dienone is 2. The highest BCUT2D eigenvalue weighted by atomic mass is 28.4. The first kappa shape index (κ1) is 19.2. The molecule has 1 nitrogen and oxygen atoms in total. The first-order valence-electron chi connectivity index (χ1n) is 8.31. The van der Waals surface area contributed by atoms with Crippen LogP contribution in [0.15, 0.2) is 42.0 Å². The van der Waals surface area contributed by atoms with Gasteiger partial charge in [0.25, 0.3) is 0 Å². The van der Waals surface area contributed by atoms with Gasteiger partial charge < -0.3 is 4.43 Å². The van der Waals surface area contributed by atoms with Gasteiger partial charge in [0, 0.05) is 0 Å². The molecule has 0 spiro atoms. The molecule has 0 amide bonds. The summed E-state index contributed by atoms with van der Waals surface area (Å²) < 4.78 is 6.79. The lowest BCUT2D eigenvalue weighted by Gasteiger charge is -2.50. The largest absolute Gasteiger partial charge is 0.411 e. The summed E-state index contributed by atoms with van der Waals surface area (Å²) in [6, 6.07) is 11.6. The van der Waals surface area contributed by atoms with E-state index in [9.17, 15) is 0 Å². The van der Waals surface area contributed by atoms with Gasteiger partial charge in [-0.15, -0.1) is 0 Å². The van der Waals surface area contributed by atoms with Crippen LogP contribution in [-0.4, -0.2) is 8.32 Å². The molecule has 1 aromatic carbocycles. The van der Waals surface area contributed by atoms with Gasteiger partial charge in [-0.25, -0.2) is 0 Å². The molecule has 0 fully saturated rings. The molecule has 2 heteroatoms. The van der Waals surface area contributed by atoms with Crippen molar-refractivity contribution in [2.24, 2.45) is 0 Å². The van der Waals surface area contributed by atoms with E-state index in [4.69, 9.17) is 4.43 Å². The lowest BCUT2D eigenvalue weighted by molar-refractivity contribution is 0.247. The van der Waals surface area contributed by atoms with Gasteiger partial charge in [-0.3, -0.25) is 0 Å². The number of rotatable bonds is 5. The van der Waals surface area contributed by atoms with E-state index >= 15 is 0 Å². The second-order valence-electron chi connectivity index (χ2n) is 8.59. The zero-order valence-corrected chi connectivity index (χ0v) is 16.8. The lowest BCUT2D eigenvalue weighted by atomic mass is 10.2. The van der Waals surface area contributed by atoms with Crippen molar-refractivity contribution in [3.8, 4) is 0 Å². The van der Waals surface area contributed by atoms with Crippen molar-refractivity contribution in [3.05, 3.63) is 47.5 Å². The molecule has 1 aromatic rings. The van der Waals surface area contributed by atoms with Crippen LogP contribution in [0.4, 0.5) is 0 Å². The van der Waals surface area contributed by atoms with Crippen molar-refractivity contribution in [2.45, 2.75) is 78.1 Å². The van der Waals surface area contributed by atoms with Crippen molar-refractivity contribution in [3.63, 3.8) is 0 Å². The molecule has 0 aromatic heterocycles. The van der Waals surface area contributed by atoms with Gasteiger partial charge in [0.2, 0.25) is 8.32 Å². The van der Waals surface area contributed by atoms with Crippen LogP contribution in [0.5, 0.6) is 0 Å². The van der Waals surface area contributed by atoms with E-state index in [1.165, 1.54) is 11.1 Å². The minimum atomic E-state index is -2.02. The summed E-state index contributed by atoms with van der Waals surface area (Å²) in [7, 11) is -2.02. The minimum absolute atomic E-state index is 0.186. The van der Waals surface area contributed by atoms with E-state index in [1.54, 1.807) is 0 Å². The van der Waals surface area contributed by atoms with Gasteiger partial charge in [0.15, 0.2) is 0 Å². The van der Waals surface area contributed by atoms with Crippen molar-refractivity contribution in [1.29, 1.82) is 0 Å². The maximum Gasteiger partial charge on any atom is 0.207 e. The summed E-state index contributed by atoms with van der Waals surface area (Å²) in [5, 5.41) is 0.373. The van der Waals surface area contributed by atoms with Crippen LogP contribution in [0.25, 0.3) is 0 Å².